The zero-order chi connectivity index (χ0) is 15.1. The summed E-state index contributed by atoms with van der Waals surface area (Å²) in [6, 6.07) is 4.07. The molecule has 0 atom stereocenters. The molecule has 1 aliphatic heterocycles. The second-order valence-electron chi connectivity index (χ2n) is 5.01. The molecule has 1 aromatic heterocycles. The molecule has 1 saturated heterocycles. The SMILES string of the molecule is N#CCN(CC#N)c1ncnc(N2CCCCCC2)c1N. The number of nitrogens with zero attached hydrogens (tertiary/aromatic N) is 6. The molecular weight excluding hydrogens is 266 g/mol. The van der Waals surface area contributed by atoms with Gasteiger partial charge in [-0.1, -0.05) is 12.8 Å². The van der Waals surface area contributed by atoms with Crippen molar-refractivity contribution in [1.29, 1.82) is 10.5 Å². The van der Waals surface area contributed by atoms with Gasteiger partial charge in [0, 0.05) is 13.1 Å². The summed E-state index contributed by atoms with van der Waals surface area (Å²) in [5, 5.41) is 17.8. The highest BCUT2D eigenvalue weighted by Crippen LogP contribution is 2.30. The van der Waals surface area contributed by atoms with Gasteiger partial charge in [-0.3, -0.25) is 0 Å². The van der Waals surface area contributed by atoms with E-state index in [-0.39, 0.29) is 13.1 Å². The average Bonchev–Trinajstić information content (AvgIpc) is 2.76. The maximum absolute atomic E-state index is 8.88. The highest BCUT2D eigenvalue weighted by atomic mass is 15.2. The van der Waals surface area contributed by atoms with Crippen LogP contribution in [0.5, 0.6) is 0 Å². The fourth-order valence-electron chi connectivity index (χ4n) is 2.54. The Morgan fingerprint density at radius 3 is 2.29 bits per heavy atom. The number of rotatable bonds is 4. The Labute approximate surface area is 124 Å². The lowest BCUT2D eigenvalue weighted by atomic mass is 10.2. The maximum atomic E-state index is 8.88. The third-order valence-electron chi connectivity index (χ3n) is 3.57. The van der Waals surface area contributed by atoms with Crippen LogP contribution in [0, 0.1) is 22.7 Å². The van der Waals surface area contributed by atoms with Gasteiger partial charge in [0.05, 0.1) is 12.1 Å². The standard InChI is InChI=1S/C14H19N7/c15-5-9-21(10-6-16)14-12(17)13(18-11-19-14)20-7-3-1-2-4-8-20/h11H,1-4,7-10,17H2. The lowest BCUT2D eigenvalue weighted by Crippen LogP contribution is -2.29. The van der Waals surface area contributed by atoms with Gasteiger partial charge in [0.25, 0.3) is 0 Å². The van der Waals surface area contributed by atoms with Crippen molar-refractivity contribution >= 4 is 17.3 Å². The van der Waals surface area contributed by atoms with E-state index in [9.17, 15) is 0 Å². The van der Waals surface area contributed by atoms with Crippen molar-refractivity contribution < 1.29 is 0 Å². The van der Waals surface area contributed by atoms with Crippen LogP contribution in [-0.2, 0) is 0 Å². The Hall–Kier alpha value is -2.54. The summed E-state index contributed by atoms with van der Waals surface area (Å²) in [7, 11) is 0. The second kappa shape index (κ2) is 7.30. The van der Waals surface area contributed by atoms with E-state index >= 15 is 0 Å². The van der Waals surface area contributed by atoms with Crippen LogP contribution in [0.2, 0.25) is 0 Å². The van der Waals surface area contributed by atoms with Crippen LogP contribution in [0.4, 0.5) is 17.3 Å². The van der Waals surface area contributed by atoms with Crippen LogP contribution >= 0.6 is 0 Å². The fourth-order valence-corrected chi connectivity index (χ4v) is 2.54. The van der Waals surface area contributed by atoms with Crippen LogP contribution in [0.3, 0.4) is 0 Å². The smallest absolute Gasteiger partial charge is 0.159 e. The molecule has 0 spiro atoms. The number of hydrogen-bond donors (Lipinski definition) is 1. The Morgan fingerprint density at radius 2 is 1.71 bits per heavy atom. The van der Waals surface area contributed by atoms with E-state index in [0.717, 1.165) is 25.9 Å². The first-order chi connectivity index (χ1) is 10.3. The molecule has 2 rings (SSSR count). The molecule has 21 heavy (non-hydrogen) atoms. The summed E-state index contributed by atoms with van der Waals surface area (Å²) in [6.45, 7) is 2.01. The molecule has 0 radical (unpaired) electrons. The van der Waals surface area contributed by atoms with E-state index in [0.29, 0.717) is 17.3 Å². The zero-order valence-electron chi connectivity index (χ0n) is 12.0. The highest BCUT2D eigenvalue weighted by molar-refractivity contribution is 5.76. The van der Waals surface area contributed by atoms with Gasteiger partial charge in [-0.2, -0.15) is 10.5 Å². The predicted octanol–water partition coefficient (Wildman–Crippen LogP) is 1.29. The molecule has 7 heteroatoms. The number of nitrogens with two attached hydrogens (primary N) is 1. The van der Waals surface area contributed by atoms with E-state index in [1.54, 1.807) is 4.90 Å². The monoisotopic (exact) mass is 285 g/mol. The maximum Gasteiger partial charge on any atom is 0.159 e. The minimum atomic E-state index is 0.0776. The van der Waals surface area contributed by atoms with Gasteiger partial charge in [-0.15, -0.1) is 0 Å². The normalized spacial score (nSPS) is 14.9. The number of anilines is 3. The van der Waals surface area contributed by atoms with Crippen molar-refractivity contribution in [2.24, 2.45) is 0 Å². The minimum absolute atomic E-state index is 0.0776. The van der Waals surface area contributed by atoms with E-state index in [4.69, 9.17) is 16.3 Å². The Morgan fingerprint density at radius 1 is 1.10 bits per heavy atom. The Kier molecular flexibility index (Phi) is 5.16. The quantitative estimate of drug-likeness (QED) is 0.831. The van der Waals surface area contributed by atoms with Crippen molar-refractivity contribution in [2.45, 2.75) is 25.7 Å². The van der Waals surface area contributed by atoms with Crippen molar-refractivity contribution in [2.75, 3.05) is 41.7 Å². The summed E-state index contributed by atoms with van der Waals surface area (Å²) >= 11 is 0. The zero-order valence-corrected chi connectivity index (χ0v) is 12.0. The molecule has 110 valence electrons. The lowest BCUT2D eigenvalue weighted by Gasteiger charge is -2.25. The molecule has 0 unspecified atom stereocenters. The molecule has 0 bridgehead atoms. The lowest BCUT2D eigenvalue weighted by molar-refractivity contribution is 0.726. The first-order valence-electron chi connectivity index (χ1n) is 7.12. The predicted molar refractivity (Wildman–Crippen MR) is 80.6 cm³/mol. The molecule has 1 fully saturated rings. The number of nitrogen functional groups attached to an aromatic ring is 1. The van der Waals surface area contributed by atoms with Gasteiger partial charge >= 0.3 is 0 Å². The van der Waals surface area contributed by atoms with Gasteiger partial charge < -0.3 is 15.5 Å². The number of nitriles is 2. The van der Waals surface area contributed by atoms with E-state index in [1.165, 1.54) is 19.2 Å². The van der Waals surface area contributed by atoms with Crippen LogP contribution in [-0.4, -0.2) is 36.1 Å². The first kappa shape index (κ1) is 14.9. The summed E-state index contributed by atoms with van der Waals surface area (Å²) in [5.74, 6) is 1.18. The summed E-state index contributed by atoms with van der Waals surface area (Å²) < 4.78 is 0. The van der Waals surface area contributed by atoms with E-state index in [1.807, 2.05) is 12.1 Å². The Bertz CT molecular complexity index is 533. The van der Waals surface area contributed by atoms with Gasteiger partial charge in [0.1, 0.15) is 25.1 Å². The van der Waals surface area contributed by atoms with Crippen molar-refractivity contribution in [3.8, 4) is 12.1 Å². The molecular formula is C14H19N7. The largest absolute Gasteiger partial charge is 0.393 e. The highest BCUT2D eigenvalue weighted by Gasteiger charge is 2.19. The molecule has 2 N–H and O–H groups in total. The van der Waals surface area contributed by atoms with Crippen molar-refractivity contribution in [1.82, 2.24) is 9.97 Å². The molecule has 1 aromatic rings. The molecule has 0 aromatic carbocycles. The fraction of sp³-hybridized carbons (Fsp3) is 0.571. The van der Waals surface area contributed by atoms with Crippen LogP contribution in [0.1, 0.15) is 25.7 Å². The second-order valence-corrected chi connectivity index (χ2v) is 5.01. The third kappa shape index (κ3) is 3.51. The molecule has 1 aliphatic rings. The van der Waals surface area contributed by atoms with Gasteiger partial charge in [-0.05, 0) is 12.8 Å². The molecule has 0 saturated carbocycles. The molecule has 2 heterocycles. The topological polar surface area (TPSA) is 106 Å². The molecule has 0 aliphatic carbocycles. The number of hydrogen-bond acceptors (Lipinski definition) is 7. The van der Waals surface area contributed by atoms with Gasteiger partial charge in [0.2, 0.25) is 0 Å². The summed E-state index contributed by atoms with van der Waals surface area (Å²) in [6.07, 6.45) is 6.15. The molecule has 0 amide bonds. The average molecular weight is 285 g/mol. The van der Waals surface area contributed by atoms with Gasteiger partial charge in [-0.25, -0.2) is 9.97 Å². The van der Waals surface area contributed by atoms with Crippen molar-refractivity contribution in [3.05, 3.63) is 6.33 Å². The minimum Gasteiger partial charge on any atom is -0.393 e. The van der Waals surface area contributed by atoms with Crippen LogP contribution in [0.15, 0.2) is 6.33 Å². The van der Waals surface area contributed by atoms with E-state index < -0.39 is 0 Å². The van der Waals surface area contributed by atoms with E-state index in [2.05, 4.69) is 14.9 Å². The Balaban J connectivity index is 2.30. The molecule has 7 nitrogen and oxygen atoms in total. The number of aromatic nitrogens is 2. The van der Waals surface area contributed by atoms with Crippen molar-refractivity contribution in [3.63, 3.8) is 0 Å². The van der Waals surface area contributed by atoms with Gasteiger partial charge in [0.15, 0.2) is 11.6 Å². The third-order valence-corrected chi connectivity index (χ3v) is 3.57. The summed E-state index contributed by atoms with van der Waals surface area (Å²) in [5.41, 5.74) is 6.65. The van der Waals surface area contributed by atoms with Crippen LogP contribution in [0.25, 0.3) is 0 Å². The summed E-state index contributed by atoms with van der Waals surface area (Å²) in [4.78, 5) is 12.2. The van der Waals surface area contributed by atoms with Crippen LogP contribution < -0.4 is 15.5 Å². The first-order valence-corrected chi connectivity index (χ1v) is 7.12.